The SMILES string of the molecule is [NH3+]C(COP(=O)([O-])[O-])P(=O)([O-])[O-]. The second-order valence-corrected chi connectivity index (χ2v) is 4.90. The van der Waals surface area contributed by atoms with Crippen molar-refractivity contribution in [1.29, 1.82) is 0 Å². The summed E-state index contributed by atoms with van der Waals surface area (Å²) in [6.45, 7) is -1.03. The zero-order chi connectivity index (χ0) is 9.99. The molecule has 0 bridgehead atoms. The fourth-order valence-electron chi connectivity index (χ4n) is 0.269. The van der Waals surface area contributed by atoms with Gasteiger partial charge in [0.1, 0.15) is 12.4 Å². The van der Waals surface area contributed by atoms with E-state index in [9.17, 15) is 28.7 Å². The molecule has 0 amide bonds. The van der Waals surface area contributed by atoms with Crippen molar-refractivity contribution in [2.24, 2.45) is 0 Å². The number of phosphoric ester groups is 1. The monoisotopic (exact) mass is 218 g/mol. The summed E-state index contributed by atoms with van der Waals surface area (Å²) in [5.74, 6) is -1.77. The second kappa shape index (κ2) is 3.95. The molecule has 0 aromatic heterocycles. The van der Waals surface area contributed by atoms with Gasteiger partial charge >= 0.3 is 0 Å². The molecule has 0 saturated carbocycles. The van der Waals surface area contributed by atoms with Gasteiger partial charge in [-0.15, -0.1) is 0 Å². The van der Waals surface area contributed by atoms with Gasteiger partial charge in [0.15, 0.2) is 0 Å². The molecule has 0 heterocycles. The molecule has 0 rings (SSSR count). The van der Waals surface area contributed by atoms with Gasteiger partial charge in [0.25, 0.3) is 0 Å². The summed E-state index contributed by atoms with van der Waals surface area (Å²) in [5.41, 5.74) is 2.80. The van der Waals surface area contributed by atoms with E-state index in [2.05, 4.69) is 10.3 Å². The molecule has 12 heavy (non-hydrogen) atoms. The number of hydrogen-bond donors (Lipinski definition) is 1. The third kappa shape index (κ3) is 5.82. The quantitative estimate of drug-likeness (QED) is 0.463. The lowest BCUT2D eigenvalue weighted by molar-refractivity contribution is -0.436. The molecular weight excluding hydrogens is 212 g/mol. The van der Waals surface area contributed by atoms with Crippen LogP contribution in [-0.4, -0.2) is 12.4 Å². The zero-order valence-electron chi connectivity index (χ0n) is 5.74. The summed E-state index contributed by atoms with van der Waals surface area (Å²) in [5, 5.41) is 0. The Morgan fingerprint density at radius 2 is 1.67 bits per heavy atom. The predicted octanol–water partition coefficient (Wildman–Crippen LogP) is -4.69. The van der Waals surface area contributed by atoms with Crippen molar-refractivity contribution in [3.63, 3.8) is 0 Å². The van der Waals surface area contributed by atoms with E-state index in [1.54, 1.807) is 0 Å². The lowest BCUT2D eigenvalue weighted by Gasteiger charge is -2.35. The van der Waals surface area contributed by atoms with E-state index in [1.807, 2.05) is 0 Å². The van der Waals surface area contributed by atoms with E-state index in [-0.39, 0.29) is 0 Å². The summed E-state index contributed by atoms with van der Waals surface area (Å²) in [6, 6.07) is 0. The highest BCUT2D eigenvalue weighted by Crippen LogP contribution is 2.31. The van der Waals surface area contributed by atoms with Crippen LogP contribution >= 0.6 is 15.4 Å². The van der Waals surface area contributed by atoms with Gasteiger partial charge in [-0.2, -0.15) is 0 Å². The molecule has 74 valence electrons. The minimum Gasteiger partial charge on any atom is -0.806 e. The first kappa shape index (κ1) is 12.2. The van der Waals surface area contributed by atoms with Crippen LogP contribution in [0.5, 0.6) is 0 Å². The Bertz CT molecular complexity index is 228. The Morgan fingerprint density at radius 3 is 1.92 bits per heavy atom. The molecule has 0 saturated heterocycles. The van der Waals surface area contributed by atoms with Crippen molar-refractivity contribution in [2.45, 2.75) is 5.78 Å². The second-order valence-electron chi connectivity index (χ2n) is 1.94. The summed E-state index contributed by atoms with van der Waals surface area (Å²) < 4.78 is 23.4. The van der Waals surface area contributed by atoms with Gasteiger partial charge in [0.05, 0.1) is 7.82 Å². The third-order valence-corrected chi connectivity index (χ3v) is 2.38. The fraction of sp³-hybridized carbons (Fsp3) is 1.00. The molecule has 3 N–H and O–H groups in total. The van der Waals surface area contributed by atoms with Crippen molar-refractivity contribution < 1.29 is 39.0 Å². The average molecular weight is 218 g/mol. The Morgan fingerprint density at radius 1 is 1.25 bits per heavy atom. The minimum atomic E-state index is -5.23. The molecular formula is C2H6NO7P2-3. The maximum Gasteiger partial charge on any atom is 0.134 e. The van der Waals surface area contributed by atoms with Crippen LogP contribution in [0.1, 0.15) is 0 Å². The van der Waals surface area contributed by atoms with E-state index >= 15 is 0 Å². The van der Waals surface area contributed by atoms with E-state index in [0.29, 0.717) is 0 Å². The Kier molecular flexibility index (Phi) is 4.02. The zero-order valence-corrected chi connectivity index (χ0v) is 7.53. The highest BCUT2D eigenvalue weighted by atomic mass is 31.2. The lowest BCUT2D eigenvalue weighted by Crippen LogP contribution is -2.65. The first-order valence-corrected chi connectivity index (χ1v) is 5.71. The topological polar surface area (TPSA) is 163 Å². The summed E-state index contributed by atoms with van der Waals surface area (Å²) >= 11 is 0. The number of hydrogen-bond acceptors (Lipinski definition) is 7. The van der Waals surface area contributed by atoms with Crippen LogP contribution in [0.3, 0.4) is 0 Å². The summed E-state index contributed by atoms with van der Waals surface area (Å²) in [7, 11) is -10.2. The van der Waals surface area contributed by atoms with Gasteiger partial charge in [0.2, 0.25) is 0 Å². The Balaban J connectivity index is 3.97. The van der Waals surface area contributed by atoms with E-state index in [4.69, 9.17) is 0 Å². The van der Waals surface area contributed by atoms with Crippen LogP contribution in [0, 0.1) is 0 Å². The highest BCUT2D eigenvalue weighted by Gasteiger charge is 2.11. The van der Waals surface area contributed by atoms with E-state index in [1.165, 1.54) is 0 Å². The van der Waals surface area contributed by atoms with Gasteiger partial charge < -0.3 is 39.0 Å². The molecule has 1 atom stereocenters. The van der Waals surface area contributed by atoms with Gasteiger partial charge in [0, 0.05) is 0 Å². The van der Waals surface area contributed by atoms with Crippen molar-refractivity contribution in [2.75, 3.05) is 6.61 Å². The molecule has 1 unspecified atom stereocenters. The Hall–Kier alpha value is 0.220. The first-order chi connectivity index (χ1) is 5.13. The summed E-state index contributed by atoms with van der Waals surface area (Å²) in [4.78, 5) is 39.8. The normalized spacial score (nSPS) is 16.1. The maximum absolute atomic E-state index is 10.1. The van der Waals surface area contributed by atoms with Crippen LogP contribution in [0.25, 0.3) is 0 Å². The molecule has 0 aliphatic heterocycles. The Labute approximate surface area is 67.7 Å². The van der Waals surface area contributed by atoms with Gasteiger partial charge in [-0.25, -0.2) is 0 Å². The number of quaternary nitrogens is 1. The van der Waals surface area contributed by atoms with Crippen LogP contribution in [0.4, 0.5) is 0 Å². The van der Waals surface area contributed by atoms with Crippen molar-refractivity contribution in [3.8, 4) is 0 Å². The third-order valence-electron chi connectivity index (χ3n) is 0.872. The molecule has 0 aromatic carbocycles. The van der Waals surface area contributed by atoms with Gasteiger partial charge in [-0.3, -0.25) is 0 Å². The van der Waals surface area contributed by atoms with Crippen molar-refractivity contribution in [3.05, 3.63) is 0 Å². The molecule has 0 fully saturated rings. The number of phosphoric acid groups is 1. The fourth-order valence-corrected chi connectivity index (χ4v) is 1.01. The minimum absolute atomic E-state index is 1.03. The first-order valence-electron chi connectivity index (χ1n) is 2.64. The largest absolute Gasteiger partial charge is 0.806 e. The van der Waals surface area contributed by atoms with Crippen molar-refractivity contribution >= 4 is 15.4 Å². The van der Waals surface area contributed by atoms with Crippen LogP contribution in [0.15, 0.2) is 0 Å². The van der Waals surface area contributed by atoms with E-state index < -0.39 is 27.8 Å². The highest BCUT2D eigenvalue weighted by molar-refractivity contribution is 7.49. The van der Waals surface area contributed by atoms with Gasteiger partial charge in [-0.05, 0) is 7.60 Å². The van der Waals surface area contributed by atoms with Crippen molar-refractivity contribution in [1.82, 2.24) is 0 Å². The van der Waals surface area contributed by atoms with Crippen LogP contribution < -0.4 is 25.3 Å². The summed E-state index contributed by atoms with van der Waals surface area (Å²) in [6.07, 6.45) is 0. The molecule has 0 spiro atoms. The standard InChI is InChI=1S/C2H9NO7P2/c3-2(11(4,5)6)1-10-12(7,8)9/h2H,1,3H2,(H2,4,5,6)(H2,7,8,9)/p-3. The number of rotatable bonds is 4. The maximum atomic E-state index is 10.1. The van der Waals surface area contributed by atoms with Crippen LogP contribution in [0.2, 0.25) is 0 Å². The molecule has 10 heteroatoms. The molecule has 8 nitrogen and oxygen atoms in total. The average Bonchev–Trinajstić information content (AvgIpc) is 1.78. The lowest BCUT2D eigenvalue weighted by atomic mass is 10.7. The van der Waals surface area contributed by atoms with Crippen LogP contribution in [-0.2, 0) is 13.7 Å². The molecule has 0 aliphatic rings. The van der Waals surface area contributed by atoms with Gasteiger partial charge in [-0.1, -0.05) is 0 Å². The molecule has 0 aliphatic carbocycles. The molecule has 0 aromatic rings. The predicted molar refractivity (Wildman–Crippen MR) is 27.8 cm³/mol. The van der Waals surface area contributed by atoms with E-state index in [0.717, 1.165) is 0 Å². The molecule has 0 radical (unpaired) electrons. The smallest absolute Gasteiger partial charge is 0.134 e.